The SMILES string of the molecule is COC(=O)c1nccn1C(=O)OCc1cc(OC)c(OC)cc1[N+](=O)[O-]. The highest BCUT2D eigenvalue weighted by atomic mass is 16.6. The number of nitrogens with zero attached hydrogens (tertiary/aromatic N) is 3. The second kappa shape index (κ2) is 7.96. The van der Waals surface area contributed by atoms with E-state index in [0.29, 0.717) is 0 Å². The number of carbonyl (C=O) groups excluding carboxylic acids is 2. The van der Waals surface area contributed by atoms with Gasteiger partial charge < -0.3 is 18.9 Å². The molecule has 0 saturated carbocycles. The molecular formula is C15H15N3O8. The predicted octanol–water partition coefficient (Wildman–Crippen LogP) is 1.78. The molecule has 1 aromatic carbocycles. The molecule has 0 spiro atoms. The maximum Gasteiger partial charge on any atom is 0.420 e. The molecule has 11 heteroatoms. The number of ether oxygens (including phenoxy) is 4. The van der Waals surface area contributed by atoms with E-state index in [9.17, 15) is 19.7 Å². The molecule has 0 saturated heterocycles. The van der Waals surface area contributed by atoms with Crippen LogP contribution in [0.25, 0.3) is 0 Å². The number of imidazole rings is 1. The van der Waals surface area contributed by atoms with E-state index in [-0.39, 0.29) is 28.6 Å². The van der Waals surface area contributed by atoms with Crippen molar-refractivity contribution in [3.63, 3.8) is 0 Å². The van der Waals surface area contributed by atoms with E-state index in [1.807, 2.05) is 0 Å². The average molecular weight is 365 g/mol. The van der Waals surface area contributed by atoms with Crippen LogP contribution in [-0.2, 0) is 16.1 Å². The number of carbonyl (C=O) groups is 2. The van der Waals surface area contributed by atoms with Gasteiger partial charge in [0.15, 0.2) is 11.5 Å². The molecule has 1 aromatic heterocycles. The molecule has 0 aliphatic heterocycles. The normalized spacial score (nSPS) is 10.1. The predicted molar refractivity (Wildman–Crippen MR) is 85.3 cm³/mol. The van der Waals surface area contributed by atoms with E-state index in [2.05, 4.69) is 9.72 Å². The third-order valence-corrected chi connectivity index (χ3v) is 3.34. The van der Waals surface area contributed by atoms with E-state index in [1.165, 1.54) is 38.7 Å². The van der Waals surface area contributed by atoms with Crippen LogP contribution in [0.5, 0.6) is 11.5 Å². The molecule has 2 aromatic rings. The third kappa shape index (κ3) is 3.71. The maximum absolute atomic E-state index is 12.1. The molecule has 0 bridgehead atoms. The van der Waals surface area contributed by atoms with Crippen LogP contribution >= 0.6 is 0 Å². The van der Waals surface area contributed by atoms with Crippen molar-refractivity contribution in [1.29, 1.82) is 0 Å². The van der Waals surface area contributed by atoms with Crippen LogP contribution < -0.4 is 9.47 Å². The van der Waals surface area contributed by atoms with Crippen molar-refractivity contribution in [3.8, 4) is 11.5 Å². The molecule has 26 heavy (non-hydrogen) atoms. The number of hydrogen-bond acceptors (Lipinski definition) is 9. The third-order valence-electron chi connectivity index (χ3n) is 3.34. The molecule has 0 aliphatic carbocycles. The molecule has 2 rings (SSSR count). The van der Waals surface area contributed by atoms with Crippen molar-refractivity contribution in [2.24, 2.45) is 0 Å². The highest BCUT2D eigenvalue weighted by Gasteiger charge is 2.23. The lowest BCUT2D eigenvalue weighted by molar-refractivity contribution is -0.385. The smallest absolute Gasteiger partial charge is 0.420 e. The fourth-order valence-corrected chi connectivity index (χ4v) is 2.10. The summed E-state index contributed by atoms with van der Waals surface area (Å²) in [5.74, 6) is -0.706. The van der Waals surface area contributed by atoms with Crippen LogP contribution in [0.4, 0.5) is 10.5 Å². The number of esters is 1. The fourth-order valence-electron chi connectivity index (χ4n) is 2.10. The highest BCUT2D eigenvalue weighted by molar-refractivity contribution is 5.89. The fraction of sp³-hybridized carbons (Fsp3) is 0.267. The maximum atomic E-state index is 12.1. The summed E-state index contributed by atoms with van der Waals surface area (Å²) in [6, 6.07) is 2.50. The summed E-state index contributed by atoms with van der Waals surface area (Å²) in [5.41, 5.74) is -0.227. The summed E-state index contributed by atoms with van der Waals surface area (Å²) < 4.78 is 20.5. The molecule has 0 N–H and O–H groups in total. The number of nitro benzene ring substituents is 1. The van der Waals surface area contributed by atoms with Gasteiger partial charge in [-0.25, -0.2) is 19.1 Å². The van der Waals surface area contributed by atoms with Crippen molar-refractivity contribution in [3.05, 3.63) is 46.0 Å². The van der Waals surface area contributed by atoms with Crippen LogP contribution in [0, 0.1) is 10.1 Å². The number of nitro groups is 1. The Morgan fingerprint density at radius 3 is 2.42 bits per heavy atom. The van der Waals surface area contributed by atoms with Crippen molar-refractivity contribution < 1.29 is 33.5 Å². The standard InChI is InChI=1S/C15H15N3O8/c1-23-11-6-9(10(18(21)22)7-12(11)24-2)8-26-15(20)17-5-4-16-13(17)14(19)25-3/h4-7H,8H2,1-3H3. The van der Waals surface area contributed by atoms with Crippen LogP contribution in [0.1, 0.15) is 16.2 Å². The van der Waals surface area contributed by atoms with Gasteiger partial charge in [0.05, 0.1) is 37.9 Å². The van der Waals surface area contributed by atoms with Crippen LogP contribution in [0.3, 0.4) is 0 Å². The first-order valence-corrected chi connectivity index (χ1v) is 7.11. The molecule has 0 atom stereocenters. The summed E-state index contributed by atoms with van der Waals surface area (Å²) in [5, 5.41) is 11.2. The molecular weight excluding hydrogens is 350 g/mol. The Kier molecular flexibility index (Phi) is 5.73. The van der Waals surface area contributed by atoms with Gasteiger partial charge >= 0.3 is 12.1 Å². The number of rotatable bonds is 6. The van der Waals surface area contributed by atoms with Gasteiger partial charge in [-0.3, -0.25) is 10.1 Å². The first-order valence-electron chi connectivity index (χ1n) is 7.11. The summed E-state index contributed by atoms with van der Waals surface area (Å²) in [6.07, 6.45) is 1.47. The van der Waals surface area contributed by atoms with Gasteiger partial charge in [0.1, 0.15) is 6.61 Å². The molecule has 138 valence electrons. The molecule has 0 unspecified atom stereocenters. The lowest BCUT2D eigenvalue weighted by Crippen LogP contribution is -2.20. The zero-order valence-corrected chi connectivity index (χ0v) is 14.1. The van der Waals surface area contributed by atoms with Gasteiger partial charge in [0.25, 0.3) is 5.69 Å². The topological polar surface area (TPSA) is 132 Å². The van der Waals surface area contributed by atoms with E-state index in [0.717, 1.165) is 11.7 Å². The minimum absolute atomic E-state index is 0.0840. The summed E-state index contributed by atoms with van der Waals surface area (Å²) in [6.45, 7) is -0.436. The Bertz CT molecular complexity index is 845. The zero-order valence-electron chi connectivity index (χ0n) is 14.1. The molecule has 0 amide bonds. The summed E-state index contributed by atoms with van der Waals surface area (Å²) in [4.78, 5) is 38.0. The number of hydrogen-bond donors (Lipinski definition) is 0. The van der Waals surface area contributed by atoms with Gasteiger partial charge in [0, 0.05) is 12.4 Å². The molecule has 11 nitrogen and oxygen atoms in total. The Hall–Kier alpha value is -3.63. The van der Waals surface area contributed by atoms with E-state index in [1.54, 1.807) is 0 Å². The summed E-state index contributed by atoms with van der Waals surface area (Å²) >= 11 is 0. The Morgan fingerprint density at radius 1 is 1.19 bits per heavy atom. The highest BCUT2D eigenvalue weighted by Crippen LogP contribution is 2.34. The molecule has 1 heterocycles. The first kappa shape index (κ1) is 18.7. The minimum atomic E-state index is -0.952. The largest absolute Gasteiger partial charge is 0.493 e. The van der Waals surface area contributed by atoms with Gasteiger partial charge in [0.2, 0.25) is 5.82 Å². The van der Waals surface area contributed by atoms with Gasteiger partial charge in [-0.05, 0) is 6.07 Å². The van der Waals surface area contributed by atoms with Crippen LogP contribution in [0.15, 0.2) is 24.5 Å². The monoisotopic (exact) mass is 365 g/mol. The van der Waals surface area contributed by atoms with Gasteiger partial charge in [-0.2, -0.15) is 0 Å². The van der Waals surface area contributed by atoms with Crippen LogP contribution in [0.2, 0.25) is 0 Å². The Morgan fingerprint density at radius 2 is 1.85 bits per heavy atom. The minimum Gasteiger partial charge on any atom is -0.493 e. The lowest BCUT2D eigenvalue weighted by Gasteiger charge is -2.11. The number of aromatic nitrogens is 2. The Labute approximate surface area is 147 Å². The van der Waals surface area contributed by atoms with Gasteiger partial charge in [-0.15, -0.1) is 0 Å². The van der Waals surface area contributed by atoms with Crippen molar-refractivity contribution in [2.75, 3.05) is 21.3 Å². The molecule has 0 aliphatic rings. The number of methoxy groups -OCH3 is 3. The molecule has 0 fully saturated rings. The first-order chi connectivity index (χ1) is 12.4. The van der Waals surface area contributed by atoms with Crippen molar-refractivity contribution in [1.82, 2.24) is 9.55 Å². The van der Waals surface area contributed by atoms with E-state index < -0.39 is 23.6 Å². The number of benzene rings is 1. The van der Waals surface area contributed by atoms with Crippen LogP contribution in [-0.4, -0.2) is 47.9 Å². The zero-order chi connectivity index (χ0) is 19.3. The van der Waals surface area contributed by atoms with Crippen molar-refractivity contribution in [2.45, 2.75) is 6.61 Å². The average Bonchev–Trinajstić information content (AvgIpc) is 3.14. The second-order valence-corrected chi connectivity index (χ2v) is 4.76. The Balaban J connectivity index is 2.26. The second-order valence-electron chi connectivity index (χ2n) is 4.76. The van der Waals surface area contributed by atoms with E-state index >= 15 is 0 Å². The van der Waals surface area contributed by atoms with Crippen molar-refractivity contribution >= 4 is 17.7 Å². The quantitative estimate of drug-likeness (QED) is 0.427. The van der Waals surface area contributed by atoms with Gasteiger partial charge in [-0.1, -0.05) is 0 Å². The molecule has 0 radical (unpaired) electrons. The lowest BCUT2D eigenvalue weighted by atomic mass is 10.1. The summed E-state index contributed by atoms with van der Waals surface area (Å²) in [7, 11) is 3.85. The van der Waals surface area contributed by atoms with E-state index in [4.69, 9.17) is 14.2 Å².